The van der Waals surface area contributed by atoms with Crippen molar-refractivity contribution in [2.24, 2.45) is 0 Å². The molecule has 0 fully saturated rings. The van der Waals surface area contributed by atoms with Crippen molar-refractivity contribution in [3.05, 3.63) is 54.6 Å². The van der Waals surface area contributed by atoms with Crippen LogP contribution in [0.1, 0.15) is 11.1 Å². The van der Waals surface area contributed by atoms with Crippen LogP contribution in [0.4, 0.5) is 5.69 Å². The molecule has 0 bridgehead atoms. The number of nitro benzene ring substituents is 1. The van der Waals surface area contributed by atoms with Gasteiger partial charge in [-0.2, -0.15) is 0 Å². The average Bonchev–Trinajstić information content (AvgIpc) is 2.35. The third-order valence-electron chi connectivity index (χ3n) is 2.67. The van der Waals surface area contributed by atoms with Gasteiger partial charge in [-0.1, -0.05) is 0 Å². The summed E-state index contributed by atoms with van der Waals surface area (Å²) in [6.07, 6.45) is 1.60. The fourth-order valence-electron chi connectivity index (χ4n) is 1.71. The molecule has 0 saturated carbocycles. The Morgan fingerprint density at radius 3 is 2.50 bits per heavy atom. The Balaban J connectivity index is 2.43. The van der Waals surface area contributed by atoms with Gasteiger partial charge in [0.15, 0.2) is 0 Å². The Labute approximate surface area is 132 Å². The molecule has 1 aromatic heterocycles. The van der Waals surface area contributed by atoms with Crippen LogP contribution in [-0.2, 0) is 0 Å². The van der Waals surface area contributed by atoms with E-state index in [1.807, 2.05) is 6.92 Å². The van der Waals surface area contributed by atoms with Crippen molar-refractivity contribution in [2.45, 2.75) is 13.8 Å². The first-order chi connectivity index (χ1) is 9.38. The number of hydrogen-bond donors (Lipinski definition) is 0. The molecule has 0 amide bonds. The van der Waals surface area contributed by atoms with Gasteiger partial charge in [0.1, 0.15) is 5.75 Å². The minimum Gasteiger partial charge on any atom is -0.437 e. The van der Waals surface area contributed by atoms with Crippen LogP contribution in [0.3, 0.4) is 0 Å². The summed E-state index contributed by atoms with van der Waals surface area (Å²) in [6, 6.07) is 4.93. The first kappa shape index (κ1) is 14.9. The van der Waals surface area contributed by atoms with Gasteiger partial charge in [-0.15, -0.1) is 0 Å². The molecular formula is C13H10Br2N2O3. The smallest absolute Gasteiger partial charge is 0.276 e. The topological polar surface area (TPSA) is 65.3 Å². The van der Waals surface area contributed by atoms with E-state index in [0.29, 0.717) is 21.7 Å². The van der Waals surface area contributed by atoms with E-state index in [1.54, 1.807) is 25.3 Å². The fraction of sp³-hybridized carbons (Fsp3) is 0.154. The lowest BCUT2D eigenvalue weighted by Crippen LogP contribution is -1.96. The maximum Gasteiger partial charge on any atom is 0.276 e. The number of hydrogen-bond acceptors (Lipinski definition) is 4. The van der Waals surface area contributed by atoms with Crippen molar-refractivity contribution in [3.63, 3.8) is 0 Å². The predicted octanol–water partition coefficient (Wildman–Crippen LogP) is 4.92. The zero-order valence-electron chi connectivity index (χ0n) is 10.7. The molecule has 7 heteroatoms. The monoisotopic (exact) mass is 400 g/mol. The molecule has 0 radical (unpaired) electrons. The van der Waals surface area contributed by atoms with Gasteiger partial charge in [-0.25, -0.2) is 4.98 Å². The number of nitro groups is 1. The van der Waals surface area contributed by atoms with Gasteiger partial charge in [0, 0.05) is 16.2 Å². The number of nitrogens with zero attached hydrogens (tertiary/aromatic N) is 2. The molecule has 1 heterocycles. The highest BCUT2D eigenvalue weighted by Gasteiger charge is 2.16. The second kappa shape index (κ2) is 5.88. The van der Waals surface area contributed by atoms with E-state index in [2.05, 4.69) is 36.8 Å². The van der Waals surface area contributed by atoms with Gasteiger partial charge in [0.05, 0.1) is 15.5 Å². The normalized spacial score (nSPS) is 10.4. The third kappa shape index (κ3) is 3.16. The summed E-state index contributed by atoms with van der Waals surface area (Å²) < 4.78 is 7.13. The molecule has 104 valence electrons. The summed E-state index contributed by atoms with van der Waals surface area (Å²) >= 11 is 6.64. The number of aryl methyl sites for hydroxylation is 2. The largest absolute Gasteiger partial charge is 0.437 e. The minimum absolute atomic E-state index is 0.0267. The number of aromatic nitrogens is 1. The second-order valence-electron chi connectivity index (χ2n) is 4.20. The molecule has 2 aromatic rings. The molecule has 20 heavy (non-hydrogen) atoms. The number of halogens is 2. The minimum atomic E-state index is -0.425. The van der Waals surface area contributed by atoms with Gasteiger partial charge >= 0.3 is 0 Å². The molecular weight excluding hydrogens is 392 g/mol. The highest BCUT2D eigenvalue weighted by atomic mass is 79.9. The number of pyridine rings is 1. The Hall–Kier alpha value is -1.47. The maximum absolute atomic E-state index is 11.0. The summed E-state index contributed by atoms with van der Waals surface area (Å²) in [5, 5.41) is 11.0. The van der Waals surface area contributed by atoms with Crippen molar-refractivity contribution in [1.82, 2.24) is 4.98 Å². The first-order valence-corrected chi connectivity index (χ1v) is 7.21. The predicted molar refractivity (Wildman–Crippen MR) is 82.3 cm³/mol. The maximum atomic E-state index is 11.0. The van der Waals surface area contributed by atoms with Crippen LogP contribution in [-0.4, -0.2) is 9.91 Å². The van der Waals surface area contributed by atoms with Gasteiger partial charge in [-0.3, -0.25) is 10.1 Å². The van der Waals surface area contributed by atoms with Crippen molar-refractivity contribution in [2.75, 3.05) is 0 Å². The molecule has 0 aliphatic heterocycles. The Morgan fingerprint density at radius 2 is 1.90 bits per heavy atom. The van der Waals surface area contributed by atoms with Crippen LogP contribution in [0.25, 0.3) is 0 Å². The van der Waals surface area contributed by atoms with E-state index >= 15 is 0 Å². The van der Waals surface area contributed by atoms with Crippen molar-refractivity contribution < 1.29 is 9.66 Å². The van der Waals surface area contributed by atoms with E-state index in [9.17, 15) is 10.1 Å². The molecule has 1 aromatic carbocycles. The quantitative estimate of drug-likeness (QED) is 0.540. The molecule has 0 saturated heterocycles. The average molecular weight is 402 g/mol. The van der Waals surface area contributed by atoms with Crippen molar-refractivity contribution >= 4 is 37.5 Å². The van der Waals surface area contributed by atoms with E-state index in [0.717, 1.165) is 10.0 Å². The van der Waals surface area contributed by atoms with Crippen LogP contribution < -0.4 is 4.74 Å². The van der Waals surface area contributed by atoms with E-state index < -0.39 is 4.92 Å². The lowest BCUT2D eigenvalue weighted by atomic mass is 10.1. The Morgan fingerprint density at radius 1 is 1.20 bits per heavy atom. The summed E-state index contributed by atoms with van der Waals surface area (Å²) in [4.78, 5) is 14.7. The molecule has 0 atom stereocenters. The van der Waals surface area contributed by atoms with Gasteiger partial charge in [-0.05, 0) is 63.4 Å². The molecule has 0 N–H and O–H groups in total. The highest BCUT2D eigenvalue weighted by molar-refractivity contribution is 9.11. The zero-order chi connectivity index (χ0) is 14.9. The molecule has 0 unspecified atom stereocenters. The SMILES string of the molecule is Cc1cc(C)c([N+](=O)[O-])cc1Oc1ncc(Br)cc1Br. The Bertz CT molecular complexity index is 690. The van der Waals surface area contributed by atoms with Crippen LogP contribution in [0.5, 0.6) is 11.6 Å². The van der Waals surface area contributed by atoms with Gasteiger partial charge < -0.3 is 4.74 Å². The van der Waals surface area contributed by atoms with Crippen LogP contribution >= 0.6 is 31.9 Å². The molecule has 0 spiro atoms. The van der Waals surface area contributed by atoms with Crippen LogP contribution in [0.15, 0.2) is 33.3 Å². The molecule has 2 rings (SSSR count). The highest BCUT2D eigenvalue weighted by Crippen LogP contribution is 2.34. The summed E-state index contributed by atoms with van der Waals surface area (Å²) in [5.41, 5.74) is 1.44. The van der Waals surface area contributed by atoms with E-state index in [-0.39, 0.29) is 5.69 Å². The molecule has 5 nitrogen and oxygen atoms in total. The third-order valence-corrected chi connectivity index (χ3v) is 3.67. The van der Waals surface area contributed by atoms with Crippen molar-refractivity contribution in [1.29, 1.82) is 0 Å². The lowest BCUT2D eigenvalue weighted by molar-refractivity contribution is -0.385. The molecule has 0 aliphatic carbocycles. The lowest BCUT2D eigenvalue weighted by Gasteiger charge is -2.10. The second-order valence-corrected chi connectivity index (χ2v) is 5.97. The number of rotatable bonds is 3. The summed E-state index contributed by atoms with van der Waals surface area (Å²) in [7, 11) is 0. The van der Waals surface area contributed by atoms with Crippen molar-refractivity contribution in [3.8, 4) is 11.6 Å². The van der Waals surface area contributed by atoms with Gasteiger partial charge in [0.25, 0.3) is 5.69 Å². The zero-order valence-corrected chi connectivity index (χ0v) is 13.9. The number of benzene rings is 1. The van der Waals surface area contributed by atoms with Crippen LogP contribution in [0.2, 0.25) is 0 Å². The fourth-order valence-corrected chi connectivity index (χ4v) is 2.78. The summed E-state index contributed by atoms with van der Waals surface area (Å²) in [5.74, 6) is 0.771. The van der Waals surface area contributed by atoms with Crippen LogP contribution in [0, 0.1) is 24.0 Å². The van der Waals surface area contributed by atoms with Gasteiger partial charge in [0.2, 0.25) is 5.88 Å². The van der Waals surface area contributed by atoms with E-state index in [4.69, 9.17) is 4.74 Å². The Kier molecular flexibility index (Phi) is 4.39. The molecule has 0 aliphatic rings. The van der Waals surface area contributed by atoms with E-state index in [1.165, 1.54) is 6.07 Å². The standard InChI is InChI=1S/C13H10Br2N2O3/c1-7-3-8(2)12(5-11(7)17(18)19)20-13-10(15)4-9(14)6-16-13/h3-6H,1-2H3. The summed E-state index contributed by atoms with van der Waals surface area (Å²) in [6.45, 7) is 3.53. The first-order valence-electron chi connectivity index (χ1n) is 5.63. The number of ether oxygens (including phenoxy) is 1.